The van der Waals surface area contributed by atoms with Crippen LogP contribution in [0.25, 0.3) is 0 Å². The van der Waals surface area contributed by atoms with Crippen molar-refractivity contribution in [2.24, 2.45) is 0 Å². The van der Waals surface area contributed by atoms with E-state index in [1.807, 2.05) is 30.7 Å². The van der Waals surface area contributed by atoms with Crippen molar-refractivity contribution in [3.8, 4) is 0 Å². The summed E-state index contributed by atoms with van der Waals surface area (Å²) in [4.78, 5) is 29.8. The van der Waals surface area contributed by atoms with Gasteiger partial charge in [0, 0.05) is 25.7 Å². The highest BCUT2D eigenvalue weighted by Crippen LogP contribution is 2.16. The van der Waals surface area contributed by atoms with E-state index in [9.17, 15) is 9.59 Å². The molecule has 20 heavy (non-hydrogen) atoms. The first-order chi connectivity index (χ1) is 9.49. The molecule has 1 fully saturated rings. The molecule has 1 atom stereocenters. The normalized spacial score (nSPS) is 19.2. The molecule has 1 saturated heterocycles. The lowest BCUT2D eigenvalue weighted by Crippen LogP contribution is -2.48. The molecule has 1 rings (SSSR count). The van der Waals surface area contributed by atoms with Gasteiger partial charge in [-0.1, -0.05) is 0 Å². The van der Waals surface area contributed by atoms with E-state index in [4.69, 9.17) is 0 Å². The summed E-state index contributed by atoms with van der Waals surface area (Å²) in [6.45, 7) is 9.01. The van der Waals surface area contributed by atoms with E-state index < -0.39 is 0 Å². The number of carbonyl (C=O) groups excluding carboxylic acids is 2. The van der Waals surface area contributed by atoms with Gasteiger partial charge in [-0.3, -0.25) is 14.5 Å². The van der Waals surface area contributed by atoms with Crippen LogP contribution in [0.2, 0.25) is 0 Å². The maximum Gasteiger partial charge on any atom is 0.236 e. The van der Waals surface area contributed by atoms with Crippen LogP contribution in [0.15, 0.2) is 0 Å². The van der Waals surface area contributed by atoms with E-state index in [1.165, 1.54) is 6.42 Å². The molecule has 5 heteroatoms. The highest BCUT2D eigenvalue weighted by molar-refractivity contribution is 5.81. The second-order valence-corrected chi connectivity index (χ2v) is 5.67. The number of piperidine rings is 1. The molecule has 0 radical (unpaired) electrons. The average molecular weight is 283 g/mol. The van der Waals surface area contributed by atoms with Gasteiger partial charge in [0.15, 0.2) is 0 Å². The number of hydrogen-bond acceptors (Lipinski definition) is 3. The summed E-state index contributed by atoms with van der Waals surface area (Å²) in [5, 5.41) is 0. The largest absolute Gasteiger partial charge is 0.342 e. The summed E-state index contributed by atoms with van der Waals surface area (Å²) in [6, 6.07) is 0.336. The van der Waals surface area contributed by atoms with Gasteiger partial charge in [-0.25, -0.2) is 0 Å². The van der Waals surface area contributed by atoms with Crippen molar-refractivity contribution in [1.82, 2.24) is 14.7 Å². The molecule has 0 bridgehead atoms. The predicted octanol–water partition coefficient (Wildman–Crippen LogP) is 1.19. The first-order valence-electron chi connectivity index (χ1n) is 7.75. The van der Waals surface area contributed by atoms with Crippen molar-refractivity contribution in [3.63, 3.8) is 0 Å². The highest BCUT2D eigenvalue weighted by atomic mass is 16.2. The molecule has 116 valence electrons. The van der Waals surface area contributed by atoms with Crippen LogP contribution in [0, 0.1) is 0 Å². The molecule has 1 aliphatic heterocycles. The molecular weight excluding hydrogens is 254 g/mol. The van der Waals surface area contributed by atoms with E-state index in [0.29, 0.717) is 19.1 Å². The molecule has 1 unspecified atom stereocenters. The molecule has 0 aromatic rings. The standard InChI is InChI=1S/C15H29N3O2/c1-5-17(6-2)14(19)11-16(4)12-15(20)18-10-8-7-9-13(18)3/h13H,5-12H2,1-4H3. The van der Waals surface area contributed by atoms with Crippen molar-refractivity contribution >= 4 is 11.8 Å². The fraction of sp³-hybridized carbons (Fsp3) is 0.867. The van der Waals surface area contributed by atoms with Crippen molar-refractivity contribution in [2.75, 3.05) is 39.8 Å². The Morgan fingerprint density at radius 2 is 1.80 bits per heavy atom. The molecule has 0 aromatic carbocycles. The van der Waals surface area contributed by atoms with E-state index in [0.717, 1.165) is 32.5 Å². The third-order valence-corrected chi connectivity index (χ3v) is 4.05. The van der Waals surface area contributed by atoms with Crippen LogP contribution in [0.4, 0.5) is 0 Å². The number of rotatable bonds is 6. The fourth-order valence-electron chi connectivity index (χ4n) is 2.75. The summed E-state index contributed by atoms with van der Waals surface area (Å²) in [5.41, 5.74) is 0. The molecule has 0 aliphatic carbocycles. The van der Waals surface area contributed by atoms with Gasteiger partial charge >= 0.3 is 0 Å². The van der Waals surface area contributed by atoms with Crippen LogP contribution < -0.4 is 0 Å². The van der Waals surface area contributed by atoms with Gasteiger partial charge in [0.1, 0.15) is 0 Å². The Morgan fingerprint density at radius 1 is 1.15 bits per heavy atom. The van der Waals surface area contributed by atoms with E-state index in [2.05, 4.69) is 6.92 Å². The molecule has 0 saturated carbocycles. The molecule has 2 amide bonds. The van der Waals surface area contributed by atoms with Gasteiger partial charge in [0.25, 0.3) is 0 Å². The third kappa shape index (κ3) is 4.78. The zero-order valence-electron chi connectivity index (χ0n) is 13.4. The molecule has 0 aromatic heterocycles. The first-order valence-corrected chi connectivity index (χ1v) is 7.75. The van der Waals surface area contributed by atoms with E-state index >= 15 is 0 Å². The molecule has 0 spiro atoms. The quantitative estimate of drug-likeness (QED) is 0.735. The Balaban J connectivity index is 2.43. The lowest BCUT2D eigenvalue weighted by molar-refractivity contribution is -0.137. The number of amides is 2. The lowest BCUT2D eigenvalue weighted by Gasteiger charge is -2.34. The van der Waals surface area contributed by atoms with Crippen LogP contribution in [-0.4, -0.2) is 72.3 Å². The van der Waals surface area contributed by atoms with Gasteiger partial charge < -0.3 is 9.80 Å². The van der Waals surface area contributed by atoms with Gasteiger partial charge in [0.05, 0.1) is 13.1 Å². The minimum Gasteiger partial charge on any atom is -0.342 e. The monoisotopic (exact) mass is 283 g/mol. The lowest BCUT2D eigenvalue weighted by atomic mass is 10.0. The predicted molar refractivity (Wildman–Crippen MR) is 80.5 cm³/mol. The van der Waals surface area contributed by atoms with Gasteiger partial charge in [-0.2, -0.15) is 0 Å². The Hall–Kier alpha value is -1.10. The average Bonchev–Trinajstić information content (AvgIpc) is 2.40. The van der Waals surface area contributed by atoms with Crippen LogP contribution >= 0.6 is 0 Å². The number of likely N-dealkylation sites (N-methyl/N-ethyl adjacent to an activating group) is 2. The fourth-order valence-corrected chi connectivity index (χ4v) is 2.75. The zero-order chi connectivity index (χ0) is 15.1. The summed E-state index contributed by atoms with van der Waals surface area (Å²) in [7, 11) is 1.84. The minimum absolute atomic E-state index is 0.0944. The molecule has 1 heterocycles. The summed E-state index contributed by atoms with van der Waals surface area (Å²) >= 11 is 0. The number of carbonyl (C=O) groups is 2. The number of likely N-dealkylation sites (tertiary alicyclic amines) is 1. The van der Waals surface area contributed by atoms with Gasteiger partial charge in [-0.05, 0) is 47.1 Å². The Bertz CT molecular complexity index is 329. The molecule has 1 aliphatic rings. The number of nitrogens with zero attached hydrogens (tertiary/aromatic N) is 3. The first kappa shape index (κ1) is 17.0. The van der Waals surface area contributed by atoms with Gasteiger partial charge in [0.2, 0.25) is 11.8 Å². The summed E-state index contributed by atoms with van der Waals surface area (Å²) in [6.07, 6.45) is 3.40. The Kier molecular flexibility index (Phi) is 6.99. The maximum atomic E-state index is 12.3. The van der Waals surface area contributed by atoms with Crippen molar-refractivity contribution in [2.45, 2.75) is 46.1 Å². The summed E-state index contributed by atoms with van der Waals surface area (Å²) < 4.78 is 0. The van der Waals surface area contributed by atoms with Crippen molar-refractivity contribution < 1.29 is 9.59 Å². The third-order valence-electron chi connectivity index (χ3n) is 4.05. The second-order valence-electron chi connectivity index (χ2n) is 5.67. The summed E-state index contributed by atoms with van der Waals surface area (Å²) in [5.74, 6) is 0.240. The van der Waals surface area contributed by atoms with Crippen molar-refractivity contribution in [3.05, 3.63) is 0 Å². The second kappa shape index (κ2) is 8.25. The zero-order valence-corrected chi connectivity index (χ0v) is 13.4. The SMILES string of the molecule is CCN(CC)C(=O)CN(C)CC(=O)N1CCCCC1C. The number of hydrogen-bond donors (Lipinski definition) is 0. The van der Waals surface area contributed by atoms with Crippen LogP contribution in [0.5, 0.6) is 0 Å². The van der Waals surface area contributed by atoms with E-state index in [-0.39, 0.29) is 11.8 Å². The molecule has 0 N–H and O–H groups in total. The minimum atomic E-state index is 0.0944. The van der Waals surface area contributed by atoms with Gasteiger partial charge in [-0.15, -0.1) is 0 Å². The Morgan fingerprint density at radius 3 is 2.35 bits per heavy atom. The molecular formula is C15H29N3O2. The smallest absolute Gasteiger partial charge is 0.236 e. The van der Waals surface area contributed by atoms with Crippen LogP contribution in [0.3, 0.4) is 0 Å². The van der Waals surface area contributed by atoms with E-state index in [1.54, 1.807) is 4.90 Å². The molecule has 5 nitrogen and oxygen atoms in total. The van der Waals surface area contributed by atoms with Crippen LogP contribution in [-0.2, 0) is 9.59 Å². The highest BCUT2D eigenvalue weighted by Gasteiger charge is 2.24. The topological polar surface area (TPSA) is 43.9 Å². The van der Waals surface area contributed by atoms with Crippen LogP contribution in [0.1, 0.15) is 40.0 Å². The Labute approximate surface area is 122 Å². The van der Waals surface area contributed by atoms with Crippen molar-refractivity contribution in [1.29, 1.82) is 0 Å². The maximum absolute atomic E-state index is 12.3.